The molecule has 0 aliphatic carbocycles. The summed E-state index contributed by atoms with van der Waals surface area (Å²) >= 11 is 0.939. The zero-order valence-corrected chi connectivity index (χ0v) is 14.5. The highest BCUT2D eigenvalue weighted by atomic mass is 32.2. The van der Waals surface area contributed by atoms with E-state index in [-0.39, 0.29) is 24.3 Å². The molecule has 1 saturated heterocycles. The van der Waals surface area contributed by atoms with Crippen LogP contribution in [0.2, 0.25) is 0 Å². The molecule has 1 fully saturated rings. The molecule has 1 aliphatic rings. The molecule has 25 heavy (non-hydrogen) atoms. The maximum absolute atomic E-state index is 12.4. The van der Waals surface area contributed by atoms with E-state index in [1.807, 2.05) is 54.6 Å². The second-order valence-electron chi connectivity index (χ2n) is 5.27. The molecule has 0 saturated carbocycles. The number of methoxy groups -OCH3 is 1. The number of amides is 2. The van der Waals surface area contributed by atoms with Crippen LogP contribution in [-0.4, -0.2) is 36.3 Å². The maximum Gasteiger partial charge on any atom is 0.293 e. The third kappa shape index (κ3) is 4.22. The van der Waals surface area contributed by atoms with Gasteiger partial charge >= 0.3 is 0 Å². The van der Waals surface area contributed by atoms with Crippen LogP contribution < -0.4 is 9.47 Å². The SMILES string of the molecule is COc1cccc(/C=C2\SC(=O)N(CCOc3ccccc3)C2=O)c1. The van der Waals surface area contributed by atoms with Crippen molar-refractivity contribution in [2.45, 2.75) is 0 Å². The van der Waals surface area contributed by atoms with Crippen molar-refractivity contribution in [2.75, 3.05) is 20.3 Å². The van der Waals surface area contributed by atoms with Crippen LogP contribution in [0.1, 0.15) is 5.56 Å². The predicted octanol–water partition coefficient (Wildman–Crippen LogP) is 3.81. The van der Waals surface area contributed by atoms with Crippen molar-refractivity contribution in [1.82, 2.24) is 4.90 Å². The molecule has 1 heterocycles. The number of imide groups is 1. The lowest BCUT2D eigenvalue weighted by Gasteiger charge is -2.13. The number of thioether (sulfide) groups is 1. The third-order valence-electron chi connectivity index (χ3n) is 3.59. The van der Waals surface area contributed by atoms with E-state index >= 15 is 0 Å². The van der Waals surface area contributed by atoms with Gasteiger partial charge in [-0.25, -0.2) is 0 Å². The van der Waals surface area contributed by atoms with E-state index in [1.165, 1.54) is 4.90 Å². The summed E-state index contributed by atoms with van der Waals surface area (Å²) in [6.07, 6.45) is 1.70. The second-order valence-corrected chi connectivity index (χ2v) is 6.26. The van der Waals surface area contributed by atoms with Crippen molar-refractivity contribution in [2.24, 2.45) is 0 Å². The molecule has 0 atom stereocenters. The molecule has 0 N–H and O–H groups in total. The Morgan fingerprint density at radius 2 is 1.80 bits per heavy atom. The number of hydrogen-bond acceptors (Lipinski definition) is 5. The molecule has 0 bridgehead atoms. The normalized spacial score (nSPS) is 15.7. The number of carbonyl (C=O) groups excluding carboxylic acids is 2. The van der Waals surface area contributed by atoms with Gasteiger partial charge in [0.25, 0.3) is 11.1 Å². The van der Waals surface area contributed by atoms with Gasteiger partial charge in [0.05, 0.1) is 18.6 Å². The van der Waals surface area contributed by atoms with E-state index in [4.69, 9.17) is 9.47 Å². The molecular weight excluding hydrogens is 338 g/mol. The highest BCUT2D eigenvalue weighted by Gasteiger charge is 2.34. The Balaban J connectivity index is 1.64. The first-order valence-electron chi connectivity index (χ1n) is 7.74. The molecule has 6 heteroatoms. The summed E-state index contributed by atoms with van der Waals surface area (Å²) in [5, 5.41) is -0.282. The van der Waals surface area contributed by atoms with Gasteiger partial charge in [0.15, 0.2) is 0 Å². The Bertz CT molecular complexity index is 804. The Kier molecular flexibility index (Phi) is 5.40. The van der Waals surface area contributed by atoms with Crippen molar-refractivity contribution in [3.05, 3.63) is 65.1 Å². The maximum atomic E-state index is 12.4. The van der Waals surface area contributed by atoms with E-state index in [9.17, 15) is 9.59 Å². The van der Waals surface area contributed by atoms with Gasteiger partial charge in [-0.3, -0.25) is 14.5 Å². The van der Waals surface area contributed by atoms with Gasteiger partial charge < -0.3 is 9.47 Å². The molecule has 3 rings (SSSR count). The summed E-state index contributed by atoms with van der Waals surface area (Å²) in [5.41, 5.74) is 0.811. The Labute approximate surface area is 150 Å². The van der Waals surface area contributed by atoms with Gasteiger partial charge in [0.1, 0.15) is 18.1 Å². The molecule has 0 unspecified atom stereocenters. The second kappa shape index (κ2) is 7.90. The number of carbonyl (C=O) groups is 2. The zero-order chi connectivity index (χ0) is 17.6. The largest absolute Gasteiger partial charge is 0.497 e. The topological polar surface area (TPSA) is 55.8 Å². The van der Waals surface area contributed by atoms with Crippen LogP contribution in [0.4, 0.5) is 4.79 Å². The lowest BCUT2D eigenvalue weighted by molar-refractivity contribution is -0.123. The molecule has 2 amide bonds. The van der Waals surface area contributed by atoms with Crippen LogP contribution in [0.15, 0.2) is 59.5 Å². The first-order valence-corrected chi connectivity index (χ1v) is 8.56. The van der Waals surface area contributed by atoms with Crippen LogP contribution in [0.3, 0.4) is 0 Å². The Morgan fingerprint density at radius 1 is 1.04 bits per heavy atom. The van der Waals surface area contributed by atoms with E-state index < -0.39 is 0 Å². The molecule has 5 nitrogen and oxygen atoms in total. The first-order chi connectivity index (χ1) is 12.2. The fourth-order valence-electron chi connectivity index (χ4n) is 2.35. The first kappa shape index (κ1) is 17.1. The molecular formula is C19H17NO4S. The van der Waals surface area contributed by atoms with Gasteiger partial charge in [-0.2, -0.15) is 0 Å². The Morgan fingerprint density at radius 3 is 2.56 bits per heavy atom. The zero-order valence-electron chi connectivity index (χ0n) is 13.7. The average molecular weight is 355 g/mol. The molecule has 128 valence electrons. The number of ether oxygens (including phenoxy) is 2. The van der Waals surface area contributed by atoms with Crippen molar-refractivity contribution < 1.29 is 19.1 Å². The smallest absolute Gasteiger partial charge is 0.293 e. The number of benzene rings is 2. The van der Waals surface area contributed by atoms with Crippen molar-refractivity contribution in [3.63, 3.8) is 0 Å². The highest BCUT2D eigenvalue weighted by molar-refractivity contribution is 8.18. The van der Waals surface area contributed by atoms with Crippen LogP contribution in [0, 0.1) is 0 Å². The minimum atomic E-state index is -0.297. The lowest BCUT2D eigenvalue weighted by Crippen LogP contribution is -2.32. The lowest BCUT2D eigenvalue weighted by atomic mass is 10.2. The summed E-state index contributed by atoms with van der Waals surface area (Å²) in [6.45, 7) is 0.476. The predicted molar refractivity (Wildman–Crippen MR) is 97.6 cm³/mol. The summed E-state index contributed by atoms with van der Waals surface area (Å²) in [5.74, 6) is 1.11. The Hall–Kier alpha value is -2.73. The minimum absolute atomic E-state index is 0.217. The monoisotopic (exact) mass is 355 g/mol. The van der Waals surface area contributed by atoms with Gasteiger partial charge in [-0.15, -0.1) is 0 Å². The van der Waals surface area contributed by atoms with Crippen molar-refractivity contribution in [3.8, 4) is 11.5 Å². The summed E-state index contributed by atoms with van der Waals surface area (Å²) < 4.78 is 10.7. The standard InChI is InChI=1S/C19H17NO4S/c1-23-16-9-5-6-14(12-16)13-17-18(21)20(19(22)25-17)10-11-24-15-7-3-2-4-8-15/h2-9,12-13H,10-11H2,1H3/b17-13-. The van der Waals surface area contributed by atoms with Gasteiger partial charge in [-0.05, 0) is 47.7 Å². The molecule has 1 aliphatic heterocycles. The van der Waals surface area contributed by atoms with E-state index in [0.717, 1.165) is 17.3 Å². The number of hydrogen-bond donors (Lipinski definition) is 0. The molecule has 2 aromatic rings. The van der Waals surface area contributed by atoms with E-state index in [2.05, 4.69) is 0 Å². The minimum Gasteiger partial charge on any atom is -0.497 e. The van der Waals surface area contributed by atoms with Crippen molar-refractivity contribution >= 4 is 29.0 Å². The average Bonchev–Trinajstić information content (AvgIpc) is 2.90. The van der Waals surface area contributed by atoms with Gasteiger partial charge in [0.2, 0.25) is 0 Å². The van der Waals surface area contributed by atoms with E-state index in [0.29, 0.717) is 16.4 Å². The highest BCUT2D eigenvalue weighted by Crippen LogP contribution is 2.32. The summed E-state index contributed by atoms with van der Waals surface area (Å²) in [7, 11) is 1.58. The number of rotatable bonds is 6. The van der Waals surface area contributed by atoms with Gasteiger partial charge in [0, 0.05) is 0 Å². The third-order valence-corrected chi connectivity index (χ3v) is 4.50. The number of para-hydroxylation sites is 1. The molecule has 0 aromatic heterocycles. The molecule has 0 radical (unpaired) electrons. The van der Waals surface area contributed by atoms with Crippen LogP contribution >= 0.6 is 11.8 Å². The fourth-order valence-corrected chi connectivity index (χ4v) is 3.21. The fraction of sp³-hybridized carbons (Fsp3) is 0.158. The van der Waals surface area contributed by atoms with Crippen LogP contribution in [-0.2, 0) is 4.79 Å². The summed E-state index contributed by atoms with van der Waals surface area (Å²) in [6, 6.07) is 16.6. The van der Waals surface area contributed by atoms with Crippen LogP contribution in [0.25, 0.3) is 6.08 Å². The van der Waals surface area contributed by atoms with Gasteiger partial charge in [-0.1, -0.05) is 30.3 Å². The molecule has 2 aromatic carbocycles. The number of nitrogens with zero attached hydrogens (tertiary/aromatic N) is 1. The van der Waals surface area contributed by atoms with Crippen LogP contribution in [0.5, 0.6) is 11.5 Å². The quantitative estimate of drug-likeness (QED) is 0.738. The summed E-state index contributed by atoms with van der Waals surface area (Å²) in [4.78, 5) is 26.2. The van der Waals surface area contributed by atoms with E-state index in [1.54, 1.807) is 13.2 Å². The molecule has 0 spiro atoms. The van der Waals surface area contributed by atoms with Crippen molar-refractivity contribution in [1.29, 1.82) is 0 Å².